The Balaban J connectivity index is 1.44. The van der Waals surface area contributed by atoms with Crippen LogP contribution in [0, 0.1) is 13.8 Å². The maximum Gasteiger partial charge on any atom is 0.348 e. The van der Waals surface area contributed by atoms with Gasteiger partial charge in [-0.1, -0.05) is 54.2 Å². The van der Waals surface area contributed by atoms with Crippen molar-refractivity contribution in [2.75, 3.05) is 20.0 Å². The van der Waals surface area contributed by atoms with E-state index in [1.165, 1.54) is 30.2 Å². The standard InChI is InChI=1S/C28H26N4O4S2/c1-16-24-26(29-17(2)30-27(24)38-25(16)28(34)36-4)37-15-23(33)32-22(19-10-12-20(35-3)13-11-19)14-21(31-32)18-8-6-5-7-9-18/h5-13,22H,14-15H2,1-4H3. The van der Waals surface area contributed by atoms with Crippen molar-refractivity contribution in [2.45, 2.75) is 31.3 Å². The van der Waals surface area contributed by atoms with Crippen molar-refractivity contribution in [3.63, 3.8) is 0 Å². The summed E-state index contributed by atoms with van der Waals surface area (Å²) in [6.07, 6.45) is 0.607. The van der Waals surface area contributed by atoms with Crippen LogP contribution in [0.25, 0.3) is 10.2 Å². The van der Waals surface area contributed by atoms with Crippen molar-refractivity contribution in [3.05, 3.63) is 82.0 Å². The molecule has 1 amide bonds. The van der Waals surface area contributed by atoms with E-state index in [-0.39, 0.29) is 17.7 Å². The molecule has 0 saturated heterocycles. The van der Waals surface area contributed by atoms with E-state index in [0.717, 1.165) is 33.5 Å². The van der Waals surface area contributed by atoms with Crippen LogP contribution < -0.4 is 4.74 Å². The number of thioether (sulfide) groups is 1. The van der Waals surface area contributed by atoms with Crippen molar-refractivity contribution in [3.8, 4) is 5.75 Å². The molecule has 0 spiro atoms. The van der Waals surface area contributed by atoms with E-state index < -0.39 is 5.97 Å². The van der Waals surface area contributed by atoms with Gasteiger partial charge in [-0.15, -0.1) is 11.3 Å². The molecule has 0 radical (unpaired) electrons. The van der Waals surface area contributed by atoms with E-state index in [2.05, 4.69) is 9.97 Å². The molecule has 1 aliphatic rings. The number of esters is 1. The van der Waals surface area contributed by atoms with Crippen LogP contribution in [-0.2, 0) is 9.53 Å². The number of nitrogens with zero attached hydrogens (tertiary/aromatic N) is 4. The zero-order valence-corrected chi connectivity index (χ0v) is 23.1. The van der Waals surface area contributed by atoms with Gasteiger partial charge in [0.25, 0.3) is 5.91 Å². The summed E-state index contributed by atoms with van der Waals surface area (Å²) in [7, 11) is 2.99. The number of ether oxygens (including phenoxy) is 2. The van der Waals surface area contributed by atoms with Crippen LogP contribution >= 0.6 is 23.1 Å². The van der Waals surface area contributed by atoms with Gasteiger partial charge in [0.1, 0.15) is 26.3 Å². The molecule has 38 heavy (non-hydrogen) atoms. The summed E-state index contributed by atoms with van der Waals surface area (Å²) in [6, 6.07) is 17.4. The summed E-state index contributed by atoms with van der Waals surface area (Å²) in [5, 5.41) is 7.80. The monoisotopic (exact) mass is 546 g/mol. The number of aryl methyl sites for hydroxylation is 2. The average molecular weight is 547 g/mol. The Morgan fingerprint density at radius 2 is 1.79 bits per heavy atom. The Bertz CT molecular complexity index is 1530. The number of aromatic nitrogens is 2. The fraction of sp³-hybridized carbons (Fsp3) is 0.250. The third-order valence-electron chi connectivity index (χ3n) is 6.35. The van der Waals surface area contributed by atoms with Crippen LogP contribution in [0.15, 0.2) is 64.7 Å². The molecule has 0 fully saturated rings. The number of methoxy groups -OCH3 is 2. The molecule has 0 N–H and O–H groups in total. The fourth-order valence-corrected chi connectivity index (χ4v) is 6.62. The van der Waals surface area contributed by atoms with Crippen LogP contribution in [-0.4, -0.2) is 52.5 Å². The molecule has 0 aliphatic carbocycles. The quantitative estimate of drug-likeness (QED) is 0.170. The smallest absolute Gasteiger partial charge is 0.348 e. The summed E-state index contributed by atoms with van der Waals surface area (Å²) in [6.45, 7) is 3.65. The van der Waals surface area contributed by atoms with Gasteiger partial charge in [0, 0.05) is 11.8 Å². The number of carbonyl (C=O) groups excluding carboxylic acids is 2. The van der Waals surface area contributed by atoms with Crippen molar-refractivity contribution in [2.24, 2.45) is 5.10 Å². The molecule has 8 nitrogen and oxygen atoms in total. The van der Waals surface area contributed by atoms with Crippen molar-refractivity contribution in [1.82, 2.24) is 15.0 Å². The minimum Gasteiger partial charge on any atom is -0.497 e. The first-order chi connectivity index (χ1) is 18.4. The Kier molecular flexibility index (Phi) is 7.44. The summed E-state index contributed by atoms with van der Waals surface area (Å²) in [5.41, 5.74) is 3.59. The van der Waals surface area contributed by atoms with Gasteiger partial charge in [0.15, 0.2) is 0 Å². The zero-order chi connectivity index (χ0) is 26.8. The Morgan fingerprint density at radius 3 is 2.47 bits per heavy atom. The third kappa shape index (κ3) is 5.01. The molecule has 1 unspecified atom stereocenters. The van der Waals surface area contributed by atoms with Gasteiger partial charge < -0.3 is 9.47 Å². The largest absolute Gasteiger partial charge is 0.497 e. The van der Waals surface area contributed by atoms with E-state index >= 15 is 0 Å². The maximum atomic E-state index is 13.6. The lowest BCUT2D eigenvalue weighted by atomic mass is 9.98. The van der Waals surface area contributed by atoms with Crippen LogP contribution in [0.5, 0.6) is 5.75 Å². The second-order valence-corrected chi connectivity index (χ2v) is 10.7. The topological polar surface area (TPSA) is 94.0 Å². The van der Waals surface area contributed by atoms with Gasteiger partial charge in [-0.05, 0) is 42.7 Å². The number of thiophene rings is 1. The van der Waals surface area contributed by atoms with E-state index in [9.17, 15) is 9.59 Å². The number of hydrazone groups is 1. The molecule has 1 aliphatic heterocycles. The van der Waals surface area contributed by atoms with Crippen LogP contribution in [0.4, 0.5) is 0 Å². The number of hydrogen-bond acceptors (Lipinski definition) is 9. The molecule has 2 aromatic heterocycles. The lowest BCUT2D eigenvalue weighted by molar-refractivity contribution is -0.130. The van der Waals surface area contributed by atoms with Crippen LogP contribution in [0.1, 0.15) is 44.6 Å². The number of rotatable bonds is 7. The molecule has 10 heteroatoms. The van der Waals surface area contributed by atoms with Gasteiger partial charge in [0.2, 0.25) is 0 Å². The molecule has 0 bridgehead atoms. The maximum absolute atomic E-state index is 13.6. The van der Waals surface area contributed by atoms with Crippen LogP contribution in [0.3, 0.4) is 0 Å². The predicted molar refractivity (Wildman–Crippen MR) is 149 cm³/mol. The van der Waals surface area contributed by atoms with E-state index in [4.69, 9.17) is 14.6 Å². The predicted octanol–water partition coefficient (Wildman–Crippen LogP) is 5.57. The van der Waals surface area contributed by atoms with E-state index in [1.807, 2.05) is 61.5 Å². The molecule has 0 saturated carbocycles. The van der Waals surface area contributed by atoms with Crippen LogP contribution in [0.2, 0.25) is 0 Å². The van der Waals surface area contributed by atoms with E-state index in [1.54, 1.807) is 19.0 Å². The van der Waals surface area contributed by atoms with Gasteiger partial charge in [-0.25, -0.2) is 19.8 Å². The highest BCUT2D eigenvalue weighted by Crippen LogP contribution is 2.38. The summed E-state index contributed by atoms with van der Waals surface area (Å²) < 4.78 is 10.2. The number of carbonyl (C=O) groups is 2. The van der Waals surface area contributed by atoms with Gasteiger partial charge in [-0.3, -0.25) is 4.79 Å². The highest BCUT2D eigenvalue weighted by molar-refractivity contribution is 8.00. The highest BCUT2D eigenvalue weighted by Gasteiger charge is 2.33. The first kappa shape index (κ1) is 25.9. The Morgan fingerprint density at radius 1 is 1.05 bits per heavy atom. The van der Waals surface area contributed by atoms with Crippen molar-refractivity contribution < 1.29 is 19.1 Å². The minimum atomic E-state index is -0.405. The second kappa shape index (κ2) is 10.9. The molecule has 5 rings (SSSR count). The lowest BCUT2D eigenvalue weighted by Crippen LogP contribution is -2.28. The molecule has 2 aromatic carbocycles. The Labute approximate surface area is 228 Å². The van der Waals surface area contributed by atoms with Gasteiger partial charge >= 0.3 is 5.97 Å². The number of benzene rings is 2. The lowest BCUT2D eigenvalue weighted by Gasteiger charge is -2.22. The highest BCUT2D eigenvalue weighted by atomic mass is 32.2. The van der Waals surface area contributed by atoms with Crippen molar-refractivity contribution in [1.29, 1.82) is 0 Å². The molecule has 3 heterocycles. The summed E-state index contributed by atoms with van der Waals surface area (Å²) >= 11 is 2.61. The fourth-order valence-electron chi connectivity index (χ4n) is 4.42. The molecule has 4 aromatic rings. The number of fused-ring (bicyclic) bond motifs is 1. The normalized spacial score (nSPS) is 15.0. The number of amides is 1. The third-order valence-corrected chi connectivity index (χ3v) is 8.47. The second-order valence-electron chi connectivity index (χ2n) is 8.74. The molecule has 1 atom stereocenters. The Hall–Kier alpha value is -3.76. The SMILES string of the molecule is COC(=O)c1sc2nc(C)nc(SCC(=O)N3N=C(c4ccccc4)CC3c3ccc(OC)cc3)c2c1C. The van der Waals surface area contributed by atoms with Crippen molar-refractivity contribution >= 4 is 50.9 Å². The van der Waals surface area contributed by atoms with E-state index in [0.29, 0.717) is 27.0 Å². The molecule has 194 valence electrons. The first-order valence-electron chi connectivity index (χ1n) is 12.0. The first-order valence-corrected chi connectivity index (χ1v) is 13.8. The minimum absolute atomic E-state index is 0.132. The van der Waals surface area contributed by atoms with Gasteiger partial charge in [-0.2, -0.15) is 5.10 Å². The molecular weight excluding hydrogens is 520 g/mol. The average Bonchev–Trinajstić information content (AvgIpc) is 3.53. The van der Waals surface area contributed by atoms with Gasteiger partial charge in [0.05, 0.1) is 31.7 Å². The zero-order valence-electron chi connectivity index (χ0n) is 21.4. The number of hydrogen-bond donors (Lipinski definition) is 0. The molecular formula is C28H26N4O4S2. The summed E-state index contributed by atoms with van der Waals surface area (Å²) in [5.74, 6) is 0.924. The summed E-state index contributed by atoms with van der Waals surface area (Å²) in [4.78, 5) is 36.2.